The minimum atomic E-state index is -3.87. The quantitative estimate of drug-likeness (QED) is 0.488. The number of rotatable bonds is 7. The maximum Gasteiger partial charge on any atom is 0.247 e. The number of ether oxygens (including phenoxy) is 1. The molecule has 1 N–H and O–H groups in total. The summed E-state index contributed by atoms with van der Waals surface area (Å²) < 4.78 is 39.7. The minimum absolute atomic E-state index is 0.104. The third kappa shape index (κ3) is 4.24. The van der Waals surface area contributed by atoms with E-state index in [0.29, 0.717) is 17.2 Å². The van der Waals surface area contributed by atoms with Gasteiger partial charge in [-0.3, -0.25) is 0 Å². The summed E-state index contributed by atoms with van der Waals surface area (Å²) in [5.74, 6) is 1.03. The Balaban J connectivity index is 1.70. The molecule has 0 fully saturated rings. The molecule has 0 aliphatic rings. The molecule has 152 valence electrons. The molecular formula is C22H19N3O4S. The molecule has 4 aromatic rings. The van der Waals surface area contributed by atoms with Crippen LogP contribution in [0, 0.1) is 0 Å². The minimum Gasteiger partial charge on any atom is -0.497 e. The van der Waals surface area contributed by atoms with E-state index in [0.717, 1.165) is 5.56 Å². The first-order chi connectivity index (χ1) is 14.6. The van der Waals surface area contributed by atoms with E-state index < -0.39 is 16.1 Å². The highest BCUT2D eigenvalue weighted by atomic mass is 32.2. The molecule has 8 heteroatoms. The molecule has 0 bridgehead atoms. The van der Waals surface area contributed by atoms with Gasteiger partial charge in [-0.25, -0.2) is 8.42 Å². The summed E-state index contributed by atoms with van der Waals surface area (Å²) in [5.41, 5.74) is 1.43. The molecule has 0 amide bonds. The first-order valence-corrected chi connectivity index (χ1v) is 10.7. The Bertz CT molecular complexity index is 1210. The van der Waals surface area contributed by atoms with Crippen molar-refractivity contribution in [3.8, 4) is 17.2 Å². The van der Waals surface area contributed by atoms with Crippen molar-refractivity contribution < 1.29 is 17.6 Å². The molecule has 0 saturated heterocycles. The number of hydrogen-bond donors (Lipinski definition) is 1. The molecule has 0 aliphatic heterocycles. The Morgan fingerprint density at radius 2 is 1.50 bits per heavy atom. The summed E-state index contributed by atoms with van der Waals surface area (Å²) in [5, 5.41) is 8.20. The van der Waals surface area contributed by atoms with E-state index in [9.17, 15) is 8.42 Å². The number of hydrogen-bond acceptors (Lipinski definition) is 6. The van der Waals surface area contributed by atoms with E-state index >= 15 is 0 Å². The van der Waals surface area contributed by atoms with Crippen LogP contribution in [-0.2, 0) is 10.0 Å². The molecule has 30 heavy (non-hydrogen) atoms. The fraction of sp³-hybridized carbons (Fsp3) is 0.0909. The lowest BCUT2D eigenvalue weighted by atomic mass is 10.1. The average molecular weight is 421 g/mol. The Kier molecular flexibility index (Phi) is 5.60. The normalized spacial score (nSPS) is 12.4. The molecule has 4 rings (SSSR count). The third-order valence-electron chi connectivity index (χ3n) is 4.48. The highest BCUT2D eigenvalue weighted by Gasteiger charge is 2.27. The van der Waals surface area contributed by atoms with Crippen molar-refractivity contribution in [3.63, 3.8) is 0 Å². The molecule has 0 unspecified atom stereocenters. The largest absolute Gasteiger partial charge is 0.497 e. The first-order valence-electron chi connectivity index (χ1n) is 9.17. The summed E-state index contributed by atoms with van der Waals surface area (Å²) in [6.07, 6.45) is 0. The monoisotopic (exact) mass is 421 g/mol. The first kappa shape index (κ1) is 19.8. The fourth-order valence-corrected chi connectivity index (χ4v) is 4.11. The topological polar surface area (TPSA) is 94.3 Å². The van der Waals surface area contributed by atoms with Crippen molar-refractivity contribution >= 4 is 10.0 Å². The molecule has 1 atom stereocenters. The zero-order valence-electron chi connectivity index (χ0n) is 16.1. The van der Waals surface area contributed by atoms with Gasteiger partial charge in [0.05, 0.1) is 12.0 Å². The molecule has 0 radical (unpaired) electrons. The SMILES string of the molecule is COc1ccc(S(=O)(=O)N[C@@H](c2ccccc2)c2nnc(-c3ccccc3)o2)cc1. The van der Waals surface area contributed by atoms with E-state index in [-0.39, 0.29) is 10.8 Å². The van der Waals surface area contributed by atoms with Gasteiger partial charge in [0.1, 0.15) is 11.8 Å². The van der Waals surface area contributed by atoms with Crippen LogP contribution >= 0.6 is 0 Å². The third-order valence-corrected chi connectivity index (χ3v) is 5.92. The second-order valence-corrected chi connectivity index (χ2v) is 8.17. The zero-order valence-corrected chi connectivity index (χ0v) is 16.9. The van der Waals surface area contributed by atoms with Gasteiger partial charge in [-0.1, -0.05) is 48.5 Å². The highest BCUT2D eigenvalue weighted by Crippen LogP contribution is 2.27. The predicted octanol–water partition coefficient (Wildman–Crippen LogP) is 3.81. The number of sulfonamides is 1. The van der Waals surface area contributed by atoms with Gasteiger partial charge in [-0.15, -0.1) is 10.2 Å². The Labute approximate surface area is 174 Å². The van der Waals surface area contributed by atoms with Gasteiger partial charge < -0.3 is 9.15 Å². The van der Waals surface area contributed by atoms with Crippen molar-refractivity contribution in [2.24, 2.45) is 0 Å². The van der Waals surface area contributed by atoms with Gasteiger partial charge >= 0.3 is 0 Å². The number of methoxy groups -OCH3 is 1. The molecule has 1 heterocycles. The van der Waals surface area contributed by atoms with Crippen molar-refractivity contribution in [1.82, 2.24) is 14.9 Å². The number of benzene rings is 3. The van der Waals surface area contributed by atoms with Crippen LogP contribution in [0.4, 0.5) is 0 Å². The van der Waals surface area contributed by atoms with Gasteiger partial charge in [0, 0.05) is 5.56 Å². The molecule has 0 aliphatic carbocycles. The summed E-state index contributed by atoms with van der Waals surface area (Å²) in [6, 6.07) is 23.7. The molecule has 0 spiro atoms. The van der Waals surface area contributed by atoms with Gasteiger partial charge in [0.15, 0.2) is 0 Å². The van der Waals surface area contributed by atoms with Crippen molar-refractivity contribution in [2.75, 3.05) is 7.11 Å². The molecule has 0 saturated carbocycles. The van der Waals surface area contributed by atoms with Crippen molar-refractivity contribution in [1.29, 1.82) is 0 Å². The zero-order chi connectivity index (χ0) is 21.0. The van der Waals surface area contributed by atoms with Crippen molar-refractivity contribution in [2.45, 2.75) is 10.9 Å². The van der Waals surface area contributed by atoms with Crippen LogP contribution in [0.15, 0.2) is 94.2 Å². The number of nitrogens with one attached hydrogen (secondary N) is 1. The smallest absolute Gasteiger partial charge is 0.247 e. The van der Waals surface area contributed by atoms with Gasteiger partial charge in [0.2, 0.25) is 21.8 Å². The maximum atomic E-state index is 13.0. The second-order valence-electron chi connectivity index (χ2n) is 6.45. The Hall–Kier alpha value is -3.49. The van der Waals surface area contributed by atoms with Crippen LogP contribution in [0.2, 0.25) is 0 Å². The number of nitrogens with zero attached hydrogens (tertiary/aromatic N) is 2. The maximum absolute atomic E-state index is 13.0. The Morgan fingerprint density at radius 3 is 2.13 bits per heavy atom. The molecular weight excluding hydrogens is 402 g/mol. The Morgan fingerprint density at radius 1 is 0.867 bits per heavy atom. The summed E-state index contributed by atoms with van der Waals surface area (Å²) in [4.78, 5) is 0.104. The standard InChI is InChI=1S/C22H19N3O4S/c1-28-18-12-14-19(15-13-18)30(26,27)25-20(16-8-4-2-5-9-16)22-24-23-21(29-22)17-10-6-3-7-11-17/h2-15,20,25H,1H3/t20-/m0/s1. The lowest BCUT2D eigenvalue weighted by molar-refractivity contribution is 0.414. The molecule has 1 aromatic heterocycles. The van der Waals surface area contributed by atoms with E-state index in [1.165, 1.54) is 19.2 Å². The fourth-order valence-electron chi connectivity index (χ4n) is 2.93. The van der Waals surface area contributed by atoms with E-state index in [1.54, 1.807) is 24.3 Å². The van der Waals surface area contributed by atoms with Crippen LogP contribution in [0.1, 0.15) is 17.5 Å². The second kappa shape index (κ2) is 8.48. The molecule has 7 nitrogen and oxygen atoms in total. The van der Waals surface area contributed by atoms with Crippen LogP contribution in [0.5, 0.6) is 5.75 Å². The lowest BCUT2D eigenvalue weighted by Gasteiger charge is -2.16. The highest BCUT2D eigenvalue weighted by molar-refractivity contribution is 7.89. The van der Waals surface area contributed by atoms with Crippen LogP contribution < -0.4 is 9.46 Å². The summed E-state index contributed by atoms with van der Waals surface area (Å²) in [6.45, 7) is 0. The van der Waals surface area contributed by atoms with E-state index in [4.69, 9.17) is 9.15 Å². The van der Waals surface area contributed by atoms with E-state index in [2.05, 4.69) is 14.9 Å². The molecule has 3 aromatic carbocycles. The van der Waals surface area contributed by atoms with E-state index in [1.807, 2.05) is 48.5 Å². The van der Waals surface area contributed by atoms with Crippen molar-refractivity contribution in [3.05, 3.63) is 96.4 Å². The number of aromatic nitrogens is 2. The predicted molar refractivity (Wildman–Crippen MR) is 111 cm³/mol. The van der Waals surface area contributed by atoms with Crippen LogP contribution in [0.25, 0.3) is 11.5 Å². The van der Waals surface area contributed by atoms with Crippen LogP contribution in [0.3, 0.4) is 0 Å². The summed E-state index contributed by atoms with van der Waals surface area (Å²) >= 11 is 0. The average Bonchev–Trinajstić information content (AvgIpc) is 3.29. The summed E-state index contributed by atoms with van der Waals surface area (Å²) in [7, 11) is -2.35. The van der Waals surface area contributed by atoms with Gasteiger partial charge in [0.25, 0.3) is 0 Å². The van der Waals surface area contributed by atoms with Gasteiger partial charge in [-0.05, 0) is 42.0 Å². The lowest BCUT2D eigenvalue weighted by Crippen LogP contribution is -2.29. The van der Waals surface area contributed by atoms with Crippen LogP contribution in [-0.4, -0.2) is 25.7 Å². The van der Waals surface area contributed by atoms with Gasteiger partial charge in [-0.2, -0.15) is 4.72 Å².